The smallest absolute Gasteiger partial charge is 0.191 e. The monoisotopic (exact) mass is 492 g/mol. The van der Waals surface area contributed by atoms with Gasteiger partial charge in [-0.1, -0.05) is 31.0 Å². The largest absolute Gasteiger partial charge is 0.377 e. The van der Waals surface area contributed by atoms with Crippen LogP contribution >= 0.6 is 24.0 Å². The molecule has 2 aliphatic carbocycles. The van der Waals surface area contributed by atoms with Gasteiger partial charge in [0.1, 0.15) is 0 Å². The number of halogens is 1. The summed E-state index contributed by atoms with van der Waals surface area (Å²) in [6.07, 6.45) is 8.78. The molecule has 0 radical (unpaired) electrons. The highest BCUT2D eigenvalue weighted by atomic mass is 127. The van der Waals surface area contributed by atoms with E-state index in [1.54, 1.807) is 0 Å². The van der Waals surface area contributed by atoms with Crippen LogP contribution in [0.25, 0.3) is 10.9 Å². The van der Waals surface area contributed by atoms with Crippen LogP contribution in [0.15, 0.2) is 41.5 Å². The van der Waals surface area contributed by atoms with E-state index < -0.39 is 0 Å². The second-order valence-electron chi connectivity index (χ2n) is 8.22. The summed E-state index contributed by atoms with van der Waals surface area (Å²) in [6, 6.07) is 10.9. The fraction of sp³-hybridized carbons (Fsp3) is 0.545. The Balaban J connectivity index is 0.00000192. The Morgan fingerprint density at radius 1 is 1.25 bits per heavy atom. The number of hydrogen-bond acceptors (Lipinski definition) is 3. The molecule has 2 heterocycles. The molecule has 3 atom stereocenters. The number of aromatic nitrogens is 1. The van der Waals surface area contributed by atoms with Crippen molar-refractivity contribution in [1.82, 2.24) is 15.6 Å². The Morgan fingerprint density at radius 3 is 2.89 bits per heavy atom. The van der Waals surface area contributed by atoms with Gasteiger partial charge in [0.05, 0.1) is 11.6 Å². The third-order valence-electron chi connectivity index (χ3n) is 6.99. The maximum Gasteiger partial charge on any atom is 0.191 e. The maximum absolute atomic E-state index is 6.11. The lowest BCUT2D eigenvalue weighted by atomic mass is 9.54. The predicted molar refractivity (Wildman–Crippen MR) is 123 cm³/mol. The molecule has 2 aromatic rings. The van der Waals surface area contributed by atoms with Crippen LogP contribution in [-0.2, 0) is 11.3 Å². The first-order valence-electron chi connectivity index (χ1n) is 10.2. The number of pyridine rings is 1. The molecular formula is C22H29IN4O. The van der Waals surface area contributed by atoms with Crippen LogP contribution in [0, 0.1) is 11.3 Å². The molecule has 5 nitrogen and oxygen atoms in total. The molecule has 1 aromatic heterocycles. The summed E-state index contributed by atoms with van der Waals surface area (Å²) >= 11 is 0. The molecule has 3 aliphatic rings. The Kier molecular flexibility index (Phi) is 5.78. The molecule has 1 aromatic carbocycles. The zero-order chi connectivity index (χ0) is 18.3. The molecule has 2 N–H and O–H groups in total. The quantitative estimate of drug-likeness (QED) is 0.388. The summed E-state index contributed by atoms with van der Waals surface area (Å²) in [4.78, 5) is 8.97. The van der Waals surface area contributed by atoms with Gasteiger partial charge in [-0.15, -0.1) is 24.0 Å². The van der Waals surface area contributed by atoms with E-state index in [1.165, 1.54) is 43.1 Å². The van der Waals surface area contributed by atoms with E-state index in [0.717, 1.165) is 24.6 Å². The number of ether oxygens (including phenoxy) is 1. The van der Waals surface area contributed by atoms with E-state index >= 15 is 0 Å². The lowest BCUT2D eigenvalue weighted by molar-refractivity contribution is -0.125. The number of guanidine groups is 1. The zero-order valence-electron chi connectivity index (χ0n) is 16.4. The van der Waals surface area contributed by atoms with Gasteiger partial charge in [0.15, 0.2) is 5.96 Å². The fourth-order valence-electron chi connectivity index (χ4n) is 5.73. The van der Waals surface area contributed by atoms with Crippen LogP contribution in [-0.4, -0.2) is 36.7 Å². The molecule has 1 aliphatic heterocycles. The number of rotatable bonds is 3. The topological polar surface area (TPSA) is 58.5 Å². The number of hydrogen-bond donors (Lipinski definition) is 2. The number of nitrogens with zero attached hydrogens (tertiary/aromatic N) is 2. The minimum atomic E-state index is 0. The Hall–Kier alpha value is -1.41. The standard InChI is InChI=1S/C22H28N4O.HI/c1-23-21(25-14-15-8-12-24-18-7-3-2-6-16(15)18)26-19-17-9-13-27-20(17)22(19)10-4-5-11-22;/h2-3,6-8,12,17,19-20H,4-5,9-11,13-14H2,1H3,(H2,23,25,26);1H. The first-order chi connectivity index (χ1) is 13.3. The Labute approximate surface area is 183 Å². The van der Waals surface area contributed by atoms with Gasteiger partial charge in [0.2, 0.25) is 0 Å². The van der Waals surface area contributed by atoms with Gasteiger partial charge in [-0.2, -0.15) is 0 Å². The van der Waals surface area contributed by atoms with Crippen LogP contribution in [0.3, 0.4) is 0 Å². The molecule has 1 spiro atoms. The van der Waals surface area contributed by atoms with Gasteiger partial charge in [-0.3, -0.25) is 9.98 Å². The summed E-state index contributed by atoms with van der Waals surface area (Å²) < 4.78 is 6.11. The van der Waals surface area contributed by atoms with E-state index in [9.17, 15) is 0 Å². The maximum atomic E-state index is 6.11. The zero-order valence-corrected chi connectivity index (χ0v) is 18.7. The summed E-state index contributed by atoms with van der Waals surface area (Å²) in [5.74, 6) is 1.54. The van der Waals surface area contributed by atoms with Gasteiger partial charge < -0.3 is 15.4 Å². The van der Waals surface area contributed by atoms with Gasteiger partial charge in [0, 0.05) is 49.2 Å². The van der Waals surface area contributed by atoms with Crippen molar-refractivity contribution in [3.8, 4) is 0 Å². The van der Waals surface area contributed by atoms with Crippen molar-refractivity contribution < 1.29 is 4.74 Å². The minimum absolute atomic E-state index is 0. The van der Waals surface area contributed by atoms with Crippen molar-refractivity contribution in [1.29, 1.82) is 0 Å². The number of benzene rings is 1. The number of nitrogens with one attached hydrogen (secondary N) is 2. The van der Waals surface area contributed by atoms with Crippen LogP contribution in [0.4, 0.5) is 0 Å². The fourth-order valence-corrected chi connectivity index (χ4v) is 5.73. The van der Waals surface area contributed by atoms with E-state index in [-0.39, 0.29) is 24.0 Å². The third kappa shape index (κ3) is 3.18. The first-order valence-corrected chi connectivity index (χ1v) is 10.2. The SMILES string of the molecule is CN=C(NCc1ccnc2ccccc12)NC1C2CCOC2C12CCCC2.I. The number of para-hydroxylation sites is 1. The molecule has 0 amide bonds. The van der Waals surface area contributed by atoms with Gasteiger partial charge in [-0.05, 0) is 37.0 Å². The molecule has 5 rings (SSSR count). The molecule has 6 heteroatoms. The molecule has 2 saturated carbocycles. The van der Waals surface area contributed by atoms with E-state index in [4.69, 9.17) is 4.74 Å². The highest BCUT2D eigenvalue weighted by Gasteiger charge is 2.65. The van der Waals surface area contributed by atoms with Gasteiger partial charge in [0.25, 0.3) is 0 Å². The van der Waals surface area contributed by atoms with Crippen LogP contribution in [0.5, 0.6) is 0 Å². The minimum Gasteiger partial charge on any atom is -0.377 e. The summed E-state index contributed by atoms with van der Waals surface area (Å²) in [7, 11) is 1.86. The Bertz CT molecular complexity index is 859. The normalized spacial score (nSPS) is 27.9. The van der Waals surface area contributed by atoms with Crippen LogP contribution in [0.1, 0.15) is 37.7 Å². The average Bonchev–Trinajstić information content (AvgIpc) is 3.37. The van der Waals surface area contributed by atoms with E-state index in [2.05, 4.69) is 44.9 Å². The van der Waals surface area contributed by atoms with Crippen molar-refractivity contribution in [2.45, 2.75) is 50.8 Å². The van der Waals surface area contributed by atoms with E-state index in [1.807, 2.05) is 19.3 Å². The first kappa shape index (κ1) is 19.9. The van der Waals surface area contributed by atoms with E-state index in [0.29, 0.717) is 23.5 Å². The average molecular weight is 492 g/mol. The highest BCUT2D eigenvalue weighted by Crippen LogP contribution is 2.60. The Morgan fingerprint density at radius 2 is 2.07 bits per heavy atom. The lowest BCUT2D eigenvalue weighted by Gasteiger charge is -2.57. The van der Waals surface area contributed by atoms with Crippen molar-refractivity contribution in [3.05, 3.63) is 42.1 Å². The molecule has 1 saturated heterocycles. The molecule has 150 valence electrons. The highest BCUT2D eigenvalue weighted by molar-refractivity contribution is 14.0. The predicted octanol–water partition coefficient (Wildman–Crippen LogP) is 3.87. The molecule has 3 unspecified atom stereocenters. The summed E-state index contributed by atoms with van der Waals surface area (Å²) in [6.45, 7) is 1.66. The van der Waals surface area contributed by atoms with Gasteiger partial charge in [-0.25, -0.2) is 0 Å². The van der Waals surface area contributed by atoms with Crippen molar-refractivity contribution >= 4 is 40.8 Å². The van der Waals surface area contributed by atoms with Crippen molar-refractivity contribution in [3.63, 3.8) is 0 Å². The third-order valence-corrected chi connectivity index (χ3v) is 6.99. The van der Waals surface area contributed by atoms with Crippen LogP contribution in [0.2, 0.25) is 0 Å². The summed E-state index contributed by atoms with van der Waals surface area (Å²) in [5.41, 5.74) is 2.62. The number of fused-ring (bicyclic) bond motifs is 3. The van der Waals surface area contributed by atoms with Crippen molar-refractivity contribution in [2.24, 2.45) is 16.3 Å². The molecule has 3 fully saturated rings. The second-order valence-corrected chi connectivity index (χ2v) is 8.22. The molecular weight excluding hydrogens is 463 g/mol. The van der Waals surface area contributed by atoms with Gasteiger partial charge >= 0.3 is 0 Å². The lowest BCUT2D eigenvalue weighted by Crippen LogP contribution is -2.69. The van der Waals surface area contributed by atoms with Crippen LogP contribution < -0.4 is 10.6 Å². The molecule has 28 heavy (non-hydrogen) atoms. The molecule has 0 bridgehead atoms. The summed E-state index contributed by atoms with van der Waals surface area (Å²) in [5, 5.41) is 8.50. The number of aliphatic imine (C=N–C) groups is 1. The van der Waals surface area contributed by atoms with Crippen molar-refractivity contribution in [2.75, 3.05) is 13.7 Å². The second kappa shape index (κ2) is 8.14.